The first-order chi connectivity index (χ1) is 16.1. The van der Waals surface area contributed by atoms with E-state index in [9.17, 15) is 19.0 Å². The summed E-state index contributed by atoms with van der Waals surface area (Å²) in [5, 5.41) is 20.4. The highest BCUT2D eigenvalue weighted by atomic mass is 19.3. The molecule has 0 radical (unpaired) electrons. The number of hydrogen-bond acceptors (Lipinski definition) is 3. The van der Waals surface area contributed by atoms with E-state index in [1.807, 2.05) is 0 Å². The van der Waals surface area contributed by atoms with Crippen LogP contribution in [0.4, 0.5) is 8.78 Å². The Balaban J connectivity index is 1.42. The Kier molecular flexibility index (Phi) is 8.06. The molecule has 6 atom stereocenters. The third-order valence-corrected chi connectivity index (χ3v) is 9.86. The van der Waals surface area contributed by atoms with Crippen molar-refractivity contribution in [3.05, 3.63) is 35.5 Å². The molecule has 0 aromatic rings. The SMILES string of the molecule is C=C1/C(=C\C=C2/CCCC3(C)C2CCC3[C@@H](C)CN2CCCC(O)(C(F)F)CC2)CCCC1O. The lowest BCUT2D eigenvalue weighted by Crippen LogP contribution is -2.41. The van der Waals surface area contributed by atoms with Crippen molar-refractivity contribution in [3.8, 4) is 0 Å². The van der Waals surface area contributed by atoms with Crippen LogP contribution in [0.2, 0.25) is 0 Å². The fraction of sp³-hybridized carbons (Fsp3) is 0.793. The number of likely N-dealkylation sites (tertiary alicyclic amines) is 1. The molecule has 0 amide bonds. The summed E-state index contributed by atoms with van der Waals surface area (Å²) in [5.41, 5.74) is 2.17. The van der Waals surface area contributed by atoms with E-state index in [1.165, 1.54) is 37.7 Å². The van der Waals surface area contributed by atoms with Crippen LogP contribution in [-0.2, 0) is 0 Å². The Labute approximate surface area is 205 Å². The van der Waals surface area contributed by atoms with Gasteiger partial charge in [-0.15, -0.1) is 0 Å². The first-order valence-electron chi connectivity index (χ1n) is 13.6. The van der Waals surface area contributed by atoms with Gasteiger partial charge in [-0.3, -0.25) is 0 Å². The lowest BCUT2D eigenvalue weighted by Gasteiger charge is -2.45. The van der Waals surface area contributed by atoms with Gasteiger partial charge in [-0.2, -0.15) is 0 Å². The van der Waals surface area contributed by atoms with E-state index in [-0.39, 0.29) is 18.9 Å². The Morgan fingerprint density at radius 1 is 1.06 bits per heavy atom. The lowest BCUT2D eigenvalue weighted by atomic mass is 9.61. The molecule has 1 heterocycles. The minimum atomic E-state index is -2.66. The standard InChI is InChI=1S/C29H45F2NO2/c1-20(19-32-17-6-15-29(34,16-18-32)27(30)31)24-12-13-25-23(8-5-14-28(24,25)3)11-10-22-7-4-9-26(33)21(22)2/h10-11,20,24-27,33-34H,2,4-9,12-19H2,1,3H3/b22-10-,23-11+/t20-,24?,25?,26?,28?,29?/m0/s1. The highest BCUT2D eigenvalue weighted by Crippen LogP contribution is 2.59. The van der Waals surface area contributed by atoms with E-state index in [2.05, 4.69) is 37.5 Å². The monoisotopic (exact) mass is 477 g/mol. The van der Waals surface area contributed by atoms with Crippen molar-refractivity contribution in [2.24, 2.45) is 23.2 Å². The molecule has 4 aliphatic rings. The van der Waals surface area contributed by atoms with Crippen LogP contribution >= 0.6 is 0 Å². The van der Waals surface area contributed by atoms with Crippen molar-refractivity contribution < 1.29 is 19.0 Å². The molecule has 34 heavy (non-hydrogen) atoms. The number of allylic oxidation sites excluding steroid dienone is 3. The molecular weight excluding hydrogens is 432 g/mol. The van der Waals surface area contributed by atoms with Gasteiger partial charge in [0.05, 0.1) is 6.10 Å². The first kappa shape index (κ1) is 26.0. The van der Waals surface area contributed by atoms with Crippen molar-refractivity contribution in [2.75, 3.05) is 19.6 Å². The average molecular weight is 478 g/mol. The van der Waals surface area contributed by atoms with E-state index < -0.39 is 12.0 Å². The Hall–Kier alpha value is -1.04. The minimum absolute atomic E-state index is 0.170. The molecule has 4 rings (SSSR count). The molecule has 1 aliphatic heterocycles. The number of fused-ring (bicyclic) bond motifs is 1. The second-order valence-corrected chi connectivity index (χ2v) is 12.0. The van der Waals surface area contributed by atoms with Crippen LogP contribution in [-0.4, -0.2) is 52.9 Å². The molecule has 0 spiro atoms. The van der Waals surface area contributed by atoms with Crippen LogP contribution in [0.1, 0.15) is 84.5 Å². The fourth-order valence-electron chi connectivity index (χ4n) is 7.78. The number of rotatable bonds is 5. The van der Waals surface area contributed by atoms with E-state index >= 15 is 0 Å². The Morgan fingerprint density at radius 2 is 1.85 bits per heavy atom. The zero-order valence-corrected chi connectivity index (χ0v) is 21.2. The molecule has 0 aromatic heterocycles. The maximum Gasteiger partial charge on any atom is 0.266 e. The average Bonchev–Trinajstić information content (AvgIpc) is 3.04. The summed E-state index contributed by atoms with van der Waals surface area (Å²) < 4.78 is 26.6. The van der Waals surface area contributed by atoms with Crippen molar-refractivity contribution in [1.82, 2.24) is 4.90 Å². The highest BCUT2D eigenvalue weighted by molar-refractivity contribution is 5.37. The first-order valence-corrected chi connectivity index (χ1v) is 13.6. The van der Waals surface area contributed by atoms with Gasteiger partial charge in [0.2, 0.25) is 0 Å². The van der Waals surface area contributed by atoms with Gasteiger partial charge in [-0.25, -0.2) is 8.78 Å². The minimum Gasteiger partial charge on any atom is -0.388 e. The van der Waals surface area contributed by atoms with Gasteiger partial charge in [-0.1, -0.05) is 38.2 Å². The number of nitrogens with zero attached hydrogens (tertiary/aromatic N) is 1. The fourth-order valence-corrected chi connectivity index (χ4v) is 7.78. The van der Waals surface area contributed by atoms with Gasteiger partial charge < -0.3 is 15.1 Å². The highest BCUT2D eigenvalue weighted by Gasteiger charge is 2.51. The van der Waals surface area contributed by atoms with Crippen LogP contribution in [0.5, 0.6) is 0 Å². The summed E-state index contributed by atoms with van der Waals surface area (Å²) in [4.78, 5) is 2.33. The van der Waals surface area contributed by atoms with Crippen molar-refractivity contribution in [1.29, 1.82) is 0 Å². The Bertz CT molecular complexity index is 808. The molecule has 0 bridgehead atoms. The molecule has 0 aromatic carbocycles. The predicted molar refractivity (Wildman–Crippen MR) is 134 cm³/mol. The zero-order valence-electron chi connectivity index (χ0n) is 21.2. The summed E-state index contributed by atoms with van der Waals surface area (Å²) in [5.74, 6) is 1.76. The van der Waals surface area contributed by atoms with E-state index in [0.29, 0.717) is 36.1 Å². The maximum atomic E-state index is 13.3. The lowest BCUT2D eigenvalue weighted by molar-refractivity contribution is -0.104. The van der Waals surface area contributed by atoms with Gasteiger partial charge in [0.1, 0.15) is 5.60 Å². The number of aliphatic hydroxyl groups excluding tert-OH is 1. The molecule has 5 unspecified atom stereocenters. The quantitative estimate of drug-likeness (QED) is 0.490. The molecule has 3 aliphatic carbocycles. The number of hydrogen-bond donors (Lipinski definition) is 2. The molecule has 3 nitrogen and oxygen atoms in total. The summed E-state index contributed by atoms with van der Waals surface area (Å²) in [6.07, 6.45) is 11.5. The van der Waals surface area contributed by atoms with Gasteiger partial charge >= 0.3 is 0 Å². The molecule has 2 N–H and O–H groups in total. The second-order valence-electron chi connectivity index (χ2n) is 12.0. The van der Waals surface area contributed by atoms with Gasteiger partial charge in [-0.05, 0) is 111 Å². The number of aliphatic hydroxyl groups is 2. The summed E-state index contributed by atoms with van der Waals surface area (Å²) in [6.45, 7) is 11.3. The summed E-state index contributed by atoms with van der Waals surface area (Å²) in [6, 6.07) is 0. The van der Waals surface area contributed by atoms with Crippen LogP contribution in [0.15, 0.2) is 35.5 Å². The molecule has 5 heteroatoms. The largest absolute Gasteiger partial charge is 0.388 e. The van der Waals surface area contributed by atoms with Crippen molar-refractivity contribution in [2.45, 2.75) is 103 Å². The van der Waals surface area contributed by atoms with Crippen LogP contribution in [0.3, 0.4) is 0 Å². The normalized spacial score (nSPS) is 41.1. The smallest absolute Gasteiger partial charge is 0.266 e. The topological polar surface area (TPSA) is 43.7 Å². The molecular formula is C29H45F2NO2. The molecule has 1 saturated heterocycles. The van der Waals surface area contributed by atoms with Crippen LogP contribution in [0.25, 0.3) is 0 Å². The molecule has 3 saturated carbocycles. The van der Waals surface area contributed by atoms with Crippen molar-refractivity contribution in [3.63, 3.8) is 0 Å². The van der Waals surface area contributed by atoms with Crippen LogP contribution < -0.4 is 0 Å². The van der Waals surface area contributed by atoms with E-state index in [1.54, 1.807) is 5.57 Å². The third-order valence-electron chi connectivity index (χ3n) is 9.86. The second kappa shape index (κ2) is 10.5. The van der Waals surface area contributed by atoms with Crippen LogP contribution in [0, 0.1) is 23.2 Å². The van der Waals surface area contributed by atoms with Gasteiger partial charge in [0.25, 0.3) is 6.43 Å². The van der Waals surface area contributed by atoms with Gasteiger partial charge in [0.15, 0.2) is 0 Å². The predicted octanol–water partition coefficient (Wildman–Crippen LogP) is 6.27. The van der Waals surface area contributed by atoms with E-state index in [0.717, 1.165) is 37.9 Å². The maximum absolute atomic E-state index is 13.3. The third kappa shape index (κ3) is 5.22. The summed E-state index contributed by atoms with van der Waals surface area (Å²) >= 11 is 0. The summed E-state index contributed by atoms with van der Waals surface area (Å²) in [7, 11) is 0. The van der Waals surface area contributed by atoms with E-state index in [4.69, 9.17) is 0 Å². The Morgan fingerprint density at radius 3 is 2.62 bits per heavy atom. The zero-order chi connectivity index (χ0) is 24.5. The van der Waals surface area contributed by atoms with Crippen molar-refractivity contribution >= 4 is 0 Å². The molecule has 4 fully saturated rings. The number of alkyl halides is 2. The molecule has 192 valence electrons. The number of halogens is 2. The van der Waals surface area contributed by atoms with Gasteiger partial charge in [0, 0.05) is 13.1 Å².